The number of benzene rings is 8. The van der Waals surface area contributed by atoms with Crippen molar-refractivity contribution >= 4 is 23.2 Å². The number of terminal acetylenes is 1. The van der Waals surface area contributed by atoms with Crippen LogP contribution in [0.1, 0.15) is 74.3 Å². The highest BCUT2D eigenvalue weighted by Crippen LogP contribution is 2.53. The van der Waals surface area contributed by atoms with E-state index >= 15 is 0 Å². The van der Waals surface area contributed by atoms with Crippen LogP contribution in [0.2, 0.25) is 0 Å². The average Bonchev–Trinajstić information content (AvgIpc) is 3.77. The molecule has 0 aromatic heterocycles. The van der Waals surface area contributed by atoms with Gasteiger partial charge >= 0.3 is 0 Å². The molecule has 3 heteroatoms. The van der Waals surface area contributed by atoms with Gasteiger partial charge < -0.3 is 10.6 Å². The van der Waals surface area contributed by atoms with E-state index in [1.807, 2.05) is 30.4 Å². The van der Waals surface area contributed by atoms with Crippen LogP contribution in [0.5, 0.6) is 0 Å². The minimum Gasteiger partial charge on any atom is -0.399 e. The van der Waals surface area contributed by atoms with Crippen LogP contribution in [-0.4, -0.2) is 17.7 Å². The normalized spacial score (nSPS) is 15.3. The van der Waals surface area contributed by atoms with Crippen LogP contribution in [0.4, 0.5) is 5.69 Å². The zero-order chi connectivity index (χ0) is 49.5. The number of aliphatic imine (C=N–C) groups is 1. The predicted octanol–water partition coefficient (Wildman–Crippen LogP) is 15.5. The molecule has 1 atom stereocenters. The molecule has 1 aliphatic heterocycles. The van der Waals surface area contributed by atoms with Crippen LogP contribution in [0.15, 0.2) is 272 Å². The zero-order valence-electron chi connectivity index (χ0n) is 40.9. The third-order valence-electron chi connectivity index (χ3n) is 14.5. The Morgan fingerprint density at radius 3 is 1.82 bits per heavy atom. The van der Waals surface area contributed by atoms with E-state index in [9.17, 15) is 0 Å². The van der Waals surface area contributed by atoms with E-state index in [0.29, 0.717) is 0 Å². The lowest BCUT2D eigenvalue weighted by atomic mass is 9.66. The molecular formula is C69H57N3. The fourth-order valence-electron chi connectivity index (χ4n) is 10.8. The molecule has 1 aliphatic carbocycles. The van der Waals surface area contributed by atoms with Crippen LogP contribution in [-0.2, 0) is 17.3 Å². The summed E-state index contributed by atoms with van der Waals surface area (Å²) in [5.74, 6) is 2.61. The van der Waals surface area contributed by atoms with Gasteiger partial charge in [0.15, 0.2) is 0 Å². The Morgan fingerprint density at radius 2 is 1.22 bits per heavy atom. The molecule has 10 rings (SSSR count). The maximum Gasteiger partial charge on any atom is 0.147 e. The number of allylic oxidation sites excluding steroid dienone is 9. The fraction of sp³-hybridized carbons (Fsp3) is 0.0870. The number of hydrogen-bond donors (Lipinski definition) is 1. The van der Waals surface area contributed by atoms with Gasteiger partial charge in [0.2, 0.25) is 0 Å². The highest BCUT2D eigenvalue weighted by atomic mass is 15.2. The van der Waals surface area contributed by atoms with E-state index in [2.05, 4.69) is 256 Å². The van der Waals surface area contributed by atoms with Gasteiger partial charge in [-0.25, -0.2) is 0 Å². The van der Waals surface area contributed by atoms with E-state index in [1.165, 1.54) is 50.1 Å². The number of nitrogens with two attached hydrogens (primary N) is 1. The molecule has 72 heavy (non-hydrogen) atoms. The lowest BCUT2D eigenvalue weighted by Crippen LogP contribution is -2.30. The third kappa shape index (κ3) is 8.81. The number of anilines is 1. The number of nitrogens with zero attached hydrogens (tertiary/aromatic N) is 2. The molecule has 0 saturated heterocycles. The molecule has 0 radical (unpaired) electrons. The second kappa shape index (κ2) is 20.6. The molecule has 1 heterocycles. The lowest BCUT2D eigenvalue weighted by molar-refractivity contribution is 0.364. The highest BCUT2D eigenvalue weighted by molar-refractivity contribution is 6.13. The maximum absolute atomic E-state index is 6.09. The molecule has 0 saturated carbocycles. The van der Waals surface area contributed by atoms with Crippen molar-refractivity contribution in [1.82, 2.24) is 4.90 Å². The van der Waals surface area contributed by atoms with Crippen molar-refractivity contribution in [3.05, 3.63) is 328 Å². The van der Waals surface area contributed by atoms with Gasteiger partial charge in [0.1, 0.15) is 6.17 Å². The molecule has 8 aromatic carbocycles. The topological polar surface area (TPSA) is 41.6 Å². The molecule has 3 nitrogen and oxygen atoms in total. The van der Waals surface area contributed by atoms with Crippen molar-refractivity contribution in [2.24, 2.45) is 4.99 Å². The third-order valence-corrected chi connectivity index (χ3v) is 14.5. The first kappa shape index (κ1) is 46.7. The summed E-state index contributed by atoms with van der Waals surface area (Å²) in [6.07, 6.45) is 24.6. The Bertz CT molecular complexity index is 3380. The van der Waals surface area contributed by atoms with Crippen molar-refractivity contribution in [2.45, 2.75) is 30.3 Å². The molecular weight excluding hydrogens is 871 g/mol. The number of fused-ring (bicyclic) bond motifs is 1. The molecule has 0 amide bonds. The second-order valence-corrected chi connectivity index (χ2v) is 18.6. The van der Waals surface area contributed by atoms with Crippen LogP contribution in [0.25, 0.3) is 22.9 Å². The molecule has 2 N–H and O–H groups in total. The van der Waals surface area contributed by atoms with E-state index in [1.54, 1.807) is 6.08 Å². The zero-order valence-corrected chi connectivity index (χ0v) is 40.9. The van der Waals surface area contributed by atoms with Crippen molar-refractivity contribution in [2.75, 3.05) is 12.8 Å². The van der Waals surface area contributed by atoms with Crippen molar-refractivity contribution in [1.29, 1.82) is 0 Å². The van der Waals surface area contributed by atoms with Crippen LogP contribution in [0, 0.1) is 12.3 Å². The van der Waals surface area contributed by atoms with Crippen molar-refractivity contribution in [3.8, 4) is 23.5 Å². The molecule has 0 spiro atoms. The lowest BCUT2D eigenvalue weighted by Gasteiger charge is -2.37. The Morgan fingerprint density at radius 1 is 0.653 bits per heavy atom. The van der Waals surface area contributed by atoms with Gasteiger partial charge in [-0.2, -0.15) is 0 Å². The van der Waals surface area contributed by atoms with Crippen LogP contribution >= 0.6 is 0 Å². The summed E-state index contributed by atoms with van der Waals surface area (Å²) in [6, 6.07) is 74.3. The number of nitrogen functional groups attached to an aromatic ring is 1. The van der Waals surface area contributed by atoms with E-state index in [4.69, 9.17) is 17.1 Å². The van der Waals surface area contributed by atoms with Gasteiger partial charge in [-0.1, -0.05) is 231 Å². The highest BCUT2D eigenvalue weighted by Gasteiger charge is 2.44. The minimum atomic E-state index is -0.579. The fourth-order valence-corrected chi connectivity index (χ4v) is 10.8. The summed E-state index contributed by atoms with van der Waals surface area (Å²) >= 11 is 0. The second-order valence-electron chi connectivity index (χ2n) is 18.6. The SMILES string of the molecule is C#C/C=C\C=C/Cc1ccc(C2=NC(c3ccc(-c4ccc(N)cc4)cc3)N(C)C(c3ccc4c(c3)C(c3ccccc3)(c3ccccc3)C(/C=C\C=C)=C4)=C2)cc1C(C)(c1ccccc1)c1ccccc1. The maximum atomic E-state index is 6.09. The Labute approximate surface area is 425 Å². The van der Waals surface area contributed by atoms with Crippen molar-refractivity contribution < 1.29 is 0 Å². The van der Waals surface area contributed by atoms with Crippen LogP contribution in [0.3, 0.4) is 0 Å². The number of hydrogen-bond acceptors (Lipinski definition) is 3. The van der Waals surface area contributed by atoms with Gasteiger partial charge in [0.25, 0.3) is 0 Å². The summed E-state index contributed by atoms with van der Waals surface area (Å²) in [6.45, 7) is 6.41. The Balaban J connectivity index is 1.18. The summed E-state index contributed by atoms with van der Waals surface area (Å²) < 4.78 is 0. The molecule has 2 aliphatic rings. The average molecular weight is 928 g/mol. The van der Waals surface area contributed by atoms with E-state index in [-0.39, 0.29) is 6.17 Å². The molecule has 8 aromatic rings. The molecule has 348 valence electrons. The molecule has 0 bridgehead atoms. The first-order chi connectivity index (χ1) is 35.3. The van der Waals surface area contributed by atoms with Gasteiger partial charge in [0, 0.05) is 29.4 Å². The standard InChI is InChI=1S/C69H57N3/c1-5-7-9-10-15-24-52-36-40-55(47-63(52)68(3,57-26-16-11-17-27-57)58-28-18-12-19-29-58)65-49-66(72(4)67(71-65)53-37-34-50(35-38-53)51-42-44-62(70)45-43-51)56-41-39-54-46-61(25-8-6-2)69(64(54)48-56,59-30-20-13-21-31-59)60-32-22-14-23-33-60/h1,6-23,25-49,67H,2,24,70H2,3-4H3/b9-7-,15-10-,25-8-. The minimum absolute atomic E-state index is 0.338. The van der Waals surface area contributed by atoms with Gasteiger partial charge in [0.05, 0.1) is 11.1 Å². The van der Waals surface area contributed by atoms with E-state index < -0.39 is 10.8 Å². The number of rotatable bonds is 14. The summed E-state index contributed by atoms with van der Waals surface area (Å²) in [5, 5.41) is 0. The first-order valence-corrected chi connectivity index (χ1v) is 24.6. The summed E-state index contributed by atoms with van der Waals surface area (Å²) in [7, 11) is 2.17. The van der Waals surface area contributed by atoms with Crippen molar-refractivity contribution in [3.63, 3.8) is 0 Å². The smallest absolute Gasteiger partial charge is 0.147 e. The summed E-state index contributed by atoms with van der Waals surface area (Å²) in [5.41, 5.74) is 24.0. The quantitative estimate of drug-likeness (QED) is 0.0511. The first-order valence-electron chi connectivity index (χ1n) is 24.6. The van der Waals surface area contributed by atoms with Gasteiger partial charge in [-0.05, 0) is 128 Å². The molecule has 1 unspecified atom stereocenters. The van der Waals surface area contributed by atoms with Crippen LogP contribution < -0.4 is 5.73 Å². The largest absolute Gasteiger partial charge is 0.399 e. The monoisotopic (exact) mass is 927 g/mol. The Hall–Kier alpha value is -8.97. The van der Waals surface area contributed by atoms with Gasteiger partial charge in [-0.3, -0.25) is 4.99 Å². The Kier molecular flexibility index (Phi) is 13.3. The van der Waals surface area contributed by atoms with Gasteiger partial charge in [-0.15, -0.1) is 6.42 Å². The molecule has 0 fully saturated rings. The summed E-state index contributed by atoms with van der Waals surface area (Å²) in [4.78, 5) is 8.04. The predicted molar refractivity (Wildman–Crippen MR) is 304 cm³/mol. The van der Waals surface area contributed by atoms with E-state index in [0.717, 1.165) is 51.3 Å².